The van der Waals surface area contributed by atoms with Crippen LogP contribution < -0.4 is 15.4 Å². The second-order valence-corrected chi connectivity index (χ2v) is 5.70. The van der Waals surface area contributed by atoms with Crippen molar-refractivity contribution < 1.29 is 23.1 Å². The summed E-state index contributed by atoms with van der Waals surface area (Å²) in [4.78, 5) is 25.0. The van der Waals surface area contributed by atoms with Crippen LogP contribution in [0.15, 0.2) is 18.2 Å². The summed E-state index contributed by atoms with van der Waals surface area (Å²) >= 11 is 0. The lowest BCUT2D eigenvalue weighted by atomic mass is 10.3. The van der Waals surface area contributed by atoms with Gasteiger partial charge in [-0.3, -0.25) is 4.79 Å². The van der Waals surface area contributed by atoms with Gasteiger partial charge in [-0.15, -0.1) is 0 Å². The van der Waals surface area contributed by atoms with Crippen LogP contribution in [-0.2, 0) is 4.79 Å². The van der Waals surface area contributed by atoms with Crippen molar-refractivity contribution in [1.82, 2.24) is 15.5 Å². The molecule has 1 fully saturated rings. The lowest BCUT2D eigenvalue weighted by molar-refractivity contribution is -0.127. The average Bonchev–Trinajstić information content (AvgIpc) is 2.88. The summed E-state index contributed by atoms with van der Waals surface area (Å²) in [6, 6.07) is 2.33. The molecule has 1 aromatic carbocycles. The second-order valence-electron chi connectivity index (χ2n) is 5.70. The van der Waals surface area contributed by atoms with Gasteiger partial charge < -0.3 is 20.3 Å². The minimum Gasteiger partial charge on any atom is -0.492 e. The first-order valence-corrected chi connectivity index (χ1v) is 7.85. The number of halogens is 2. The number of hydrogen-bond donors (Lipinski definition) is 2. The minimum absolute atomic E-state index is 0.0654. The molecule has 0 aromatic heterocycles. The maximum absolute atomic E-state index is 13.0. The molecule has 2 N–H and O–H groups in total. The third-order valence-electron chi connectivity index (χ3n) is 3.54. The lowest BCUT2D eigenvalue weighted by Gasteiger charge is -2.21. The van der Waals surface area contributed by atoms with Gasteiger partial charge in [0.25, 0.3) is 0 Å². The molecule has 1 unspecified atom stereocenters. The molecule has 24 heavy (non-hydrogen) atoms. The number of hydrogen-bond acceptors (Lipinski definition) is 3. The summed E-state index contributed by atoms with van der Waals surface area (Å²) in [5.41, 5.74) is 0. The quantitative estimate of drug-likeness (QED) is 0.741. The van der Waals surface area contributed by atoms with Crippen LogP contribution in [0.1, 0.15) is 19.8 Å². The van der Waals surface area contributed by atoms with Crippen molar-refractivity contribution in [2.75, 3.05) is 26.2 Å². The fraction of sp³-hybridized carbons (Fsp3) is 0.500. The predicted octanol–water partition coefficient (Wildman–Crippen LogP) is 1.65. The first-order chi connectivity index (χ1) is 11.4. The number of likely N-dealkylation sites (tertiary alicyclic amines) is 1. The van der Waals surface area contributed by atoms with Crippen LogP contribution >= 0.6 is 0 Å². The largest absolute Gasteiger partial charge is 0.492 e. The average molecular weight is 341 g/mol. The maximum Gasteiger partial charge on any atom is 0.315 e. The van der Waals surface area contributed by atoms with Crippen LogP contribution in [-0.4, -0.2) is 49.1 Å². The Balaban J connectivity index is 1.63. The van der Waals surface area contributed by atoms with Gasteiger partial charge in [0, 0.05) is 43.8 Å². The van der Waals surface area contributed by atoms with Gasteiger partial charge in [-0.25, -0.2) is 13.6 Å². The van der Waals surface area contributed by atoms with Gasteiger partial charge in [-0.2, -0.15) is 0 Å². The zero-order valence-corrected chi connectivity index (χ0v) is 13.5. The van der Waals surface area contributed by atoms with Gasteiger partial charge in [0.15, 0.2) is 0 Å². The number of carbonyl (C=O) groups excluding carboxylic acids is 2. The Hall–Kier alpha value is -2.38. The molecule has 0 radical (unpaired) electrons. The fourth-order valence-electron chi connectivity index (χ4n) is 2.49. The Kier molecular flexibility index (Phi) is 6.34. The molecule has 1 aliphatic rings. The van der Waals surface area contributed by atoms with Crippen molar-refractivity contribution in [3.05, 3.63) is 29.8 Å². The van der Waals surface area contributed by atoms with E-state index in [1.54, 1.807) is 4.90 Å². The van der Waals surface area contributed by atoms with Crippen LogP contribution in [0.3, 0.4) is 0 Å². The van der Waals surface area contributed by atoms with Crippen LogP contribution in [0.2, 0.25) is 0 Å². The predicted molar refractivity (Wildman–Crippen MR) is 83.7 cm³/mol. The summed E-state index contributed by atoms with van der Waals surface area (Å²) < 4.78 is 31.1. The molecule has 0 saturated carbocycles. The lowest BCUT2D eigenvalue weighted by Crippen LogP contribution is -2.47. The smallest absolute Gasteiger partial charge is 0.315 e. The molecule has 1 atom stereocenters. The van der Waals surface area contributed by atoms with E-state index in [2.05, 4.69) is 10.6 Å². The third kappa shape index (κ3) is 5.68. The Morgan fingerprint density at radius 2 is 2.04 bits per heavy atom. The molecule has 8 heteroatoms. The van der Waals surface area contributed by atoms with Gasteiger partial charge >= 0.3 is 6.03 Å². The molecule has 2 rings (SSSR count). The Labute approximate surface area is 139 Å². The van der Waals surface area contributed by atoms with Crippen molar-refractivity contribution >= 4 is 11.9 Å². The van der Waals surface area contributed by atoms with Gasteiger partial charge in [0.05, 0.1) is 6.54 Å². The van der Waals surface area contributed by atoms with Crippen molar-refractivity contribution in [3.8, 4) is 5.75 Å². The maximum atomic E-state index is 13.0. The number of nitrogens with one attached hydrogen (secondary N) is 2. The van der Waals surface area contributed by atoms with E-state index in [4.69, 9.17) is 4.74 Å². The molecular weight excluding hydrogens is 320 g/mol. The Morgan fingerprint density at radius 3 is 2.67 bits per heavy atom. The molecule has 1 aliphatic heterocycles. The zero-order valence-electron chi connectivity index (χ0n) is 13.5. The molecule has 0 aliphatic carbocycles. The number of amides is 3. The Morgan fingerprint density at radius 1 is 1.33 bits per heavy atom. The summed E-state index contributed by atoms with van der Waals surface area (Å²) in [6.07, 6.45) is 1.42. The highest BCUT2D eigenvalue weighted by Gasteiger charge is 2.22. The highest BCUT2D eigenvalue weighted by Crippen LogP contribution is 2.14. The molecule has 1 heterocycles. The summed E-state index contributed by atoms with van der Waals surface area (Å²) in [5, 5.41) is 5.31. The fourth-order valence-corrected chi connectivity index (χ4v) is 2.49. The summed E-state index contributed by atoms with van der Waals surface area (Å²) in [6.45, 7) is 3.28. The highest BCUT2D eigenvalue weighted by molar-refractivity contribution is 5.78. The third-order valence-corrected chi connectivity index (χ3v) is 3.54. The number of ether oxygens (including phenoxy) is 1. The van der Waals surface area contributed by atoms with Crippen molar-refractivity contribution in [1.29, 1.82) is 0 Å². The van der Waals surface area contributed by atoms with Crippen LogP contribution in [0.4, 0.5) is 13.6 Å². The van der Waals surface area contributed by atoms with E-state index >= 15 is 0 Å². The topological polar surface area (TPSA) is 70.7 Å². The van der Waals surface area contributed by atoms with E-state index in [9.17, 15) is 18.4 Å². The first-order valence-electron chi connectivity index (χ1n) is 7.85. The van der Waals surface area contributed by atoms with E-state index in [1.165, 1.54) is 0 Å². The molecule has 1 saturated heterocycles. The van der Waals surface area contributed by atoms with Crippen LogP contribution in [0.5, 0.6) is 5.75 Å². The van der Waals surface area contributed by atoms with Crippen LogP contribution in [0.25, 0.3) is 0 Å². The normalized spacial score (nSPS) is 15.3. The molecule has 3 amide bonds. The van der Waals surface area contributed by atoms with E-state index in [0.717, 1.165) is 31.2 Å². The van der Waals surface area contributed by atoms with Gasteiger partial charge in [0.1, 0.15) is 24.0 Å². The highest BCUT2D eigenvalue weighted by atomic mass is 19.1. The zero-order chi connectivity index (χ0) is 17.5. The monoisotopic (exact) mass is 341 g/mol. The molecule has 0 spiro atoms. The molecule has 0 bridgehead atoms. The Bertz CT molecular complexity index is 578. The number of rotatable bonds is 7. The van der Waals surface area contributed by atoms with E-state index in [-0.39, 0.29) is 36.9 Å². The molecule has 1 aromatic rings. The number of urea groups is 1. The van der Waals surface area contributed by atoms with Crippen molar-refractivity contribution in [2.45, 2.75) is 25.8 Å². The second kappa shape index (κ2) is 8.47. The summed E-state index contributed by atoms with van der Waals surface area (Å²) in [7, 11) is 0. The number of nitrogens with zero attached hydrogens (tertiary/aromatic N) is 1. The van der Waals surface area contributed by atoms with E-state index < -0.39 is 11.6 Å². The van der Waals surface area contributed by atoms with Gasteiger partial charge in [-0.05, 0) is 13.3 Å². The van der Waals surface area contributed by atoms with Gasteiger partial charge in [-0.1, -0.05) is 0 Å². The van der Waals surface area contributed by atoms with Crippen molar-refractivity contribution in [3.63, 3.8) is 0 Å². The van der Waals surface area contributed by atoms with Gasteiger partial charge in [0.2, 0.25) is 5.91 Å². The molecule has 6 nitrogen and oxygen atoms in total. The molecular formula is C16H21F2N3O3. The number of carbonyl (C=O) groups is 2. The van der Waals surface area contributed by atoms with Crippen molar-refractivity contribution in [2.24, 2.45) is 0 Å². The standard InChI is InChI=1S/C16H21F2N3O3/c1-11(10-21-5-2-3-15(21)22)20-16(23)19-4-6-24-14-8-12(17)7-13(18)9-14/h7-9,11H,2-6,10H2,1H3,(H2,19,20,23). The number of benzene rings is 1. The van der Waals surface area contributed by atoms with E-state index in [1.807, 2.05) is 6.92 Å². The van der Waals surface area contributed by atoms with E-state index in [0.29, 0.717) is 13.0 Å². The molecule has 132 valence electrons. The summed E-state index contributed by atoms with van der Waals surface area (Å²) in [5.74, 6) is -1.27. The van der Waals surface area contributed by atoms with Crippen LogP contribution in [0, 0.1) is 11.6 Å². The first kappa shape index (κ1) is 18.0. The minimum atomic E-state index is -0.721. The SMILES string of the molecule is CC(CN1CCCC1=O)NC(=O)NCCOc1cc(F)cc(F)c1.